The Labute approximate surface area is 162 Å². The quantitative estimate of drug-likeness (QED) is 0.634. The van der Waals surface area contributed by atoms with Gasteiger partial charge >= 0.3 is 6.18 Å². The molecule has 3 aromatic rings. The summed E-state index contributed by atoms with van der Waals surface area (Å²) in [5, 5.41) is 5.96. The molecule has 1 aliphatic rings. The van der Waals surface area contributed by atoms with Crippen molar-refractivity contribution >= 4 is 17.2 Å². The highest BCUT2D eigenvalue weighted by molar-refractivity contribution is 7.09. The van der Waals surface area contributed by atoms with Crippen LogP contribution in [0, 0.1) is 0 Å². The van der Waals surface area contributed by atoms with Crippen molar-refractivity contribution in [1.29, 1.82) is 0 Å². The minimum Gasteiger partial charge on any atom is -0.339 e. The summed E-state index contributed by atoms with van der Waals surface area (Å²) in [4.78, 5) is 19.4. The predicted octanol–water partition coefficient (Wildman–Crippen LogP) is 4.26. The molecular weight excluding hydrogens is 391 g/mol. The first kappa shape index (κ1) is 18.7. The Bertz CT molecular complexity index is 969. The minimum atomic E-state index is -4.41. The molecule has 0 aliphatic carbocycles. The van der Waals surface area contributed by atoms with Crippen molar-refractivity contribution in [3.05, 3.63) is 69.5 Å². The highest BCUT2D eigenvalue weighted by atomic mass is 32.1. The van der Waals surface area contributed by atoms with Crippen LogP contribution < -0.4 is 0 Å². The summed E-state index contributed by atoms with van der Waals surface area (Å²) in [5.74, 6) is 0.596. The van der Waals surface area contributed by atoms with Gasteiger partial charge in [-0.15, -0.1) is 11.3 Å². The molecule has 1 aliphatic heterocycles. The number of thiophene rings is 1. The molecule has 0 bridgehead atoms. The maximum absolute atomic E-state index is 12.9. The first-order chi connectivity index (χ1) is 13.4. The second kappa shape index (κ2) is 7.38. The lowest BCUT2D eigenvalue weighted by Gasteiger charge is -2.17. The largest absolute Gasteiger partial charge is 0.416 e. The molecule has 2 aromatic heterocycles. The zero-order valence-corrected chi connectivity index (χ0v) is 15.5. The number of alkyl halides is 3. The summed E-state index contributed by atoms with van der Waals surface area (Å²) in [5.41, 5.74) is -0.278. The van der Waals surface area contributed by atoms with E-state index in [1.807, 2.05) is 17.5 Å². The normalized spacial score (nSPS) is 17.5. The van der Waals surface area contributed by atoms with Crippen LogP contribution in [-0.4, -0.2) is 27.5 Å². The summed E-state index contributed by atoms with van der Waals surface area (Å²) in [7, 11) is 0. The van der Waals surface area contributed by atoms with Gasteiger partial charge in [0.25, 0.3) is 0 Å². The van der Waals surface area contributed by atoms with Crippen LogP contribution >= 0.6 is 11.3 Å². The standard InChI is InChI=1S/C19H16F3N3O2S/c20-19(21,22)14-4-1-3-12(7-14)10-25-11-13(8-17(25)26)18-23-16(27-24-18)9-15-5-2-6-28-15/h1-7,13H,8-11H2. The van der Waals surface area contributed by atoms with Crippen molar-refractivity contribution in [2.45, 2.75) is 31.5 Å². The number of rotatable bonds is 5. The lowest BCUT2D eigenvalue weighted by Crippen LogP contribution is -2.24. The third-order valence-electron chi connectivity index (χ3n) is 4.60. The molecule has 28 heavy (non-hydrogen) atoms. The maximum Gasteiger partial charge on any atom is 0.416 e. The molecule has 0 spiro atoms. The van der Waals surface area contributed by atoms with Crippen LogP contribution in [0.1, 0.15) is 40.1 Å². The highest BCUT2D eigenvalue weighted by Gasteiger charge is 2.34. The molecular formula is C19H16F3N3O2S. The molecule has 1 amide bonds. The first-order valence-corrected chi connectivity index (χ1v) is 9.55. The van der Waals surface area contributed by atoms with E-state index in [9.17, 15) is 18.0 Å². The van der Waals surface area contributed by atoms with Crippen LogP contribution in [-0.2, 0) is 23.9 Å². The Kier molecular flexibility index (Phi) is 4.92. The van der Waals surface area contributed by atoms with Gasteiger partial charge in [0.2, 0.25) is 11.8 Å². The van der Waals surface area contributed by atoms with Gasteiger partial charge in [-0.2, -0.15) is 18.2 Å². The van der Waals surface area contributed by atoms with Crippen molar-refractivity contribution in [1.82, 2.24) is 15.0 Å². The number of aromatic nitrogens is 2. The van der Waals surface area contributed by atoms with Crippen molar-refractivity contribution < 1.29 is 22.5 Å². The number of benzene rings is 1. The highest BCUT2D eigenvalue weighted by Crippen LogP contribution is 2.31. The zero-order chi connectivity index (χ0) is 19.7. The molecule has 9 heteroatoms. The van der Waals surface area contributed by atoms with Gasteiger partial charge in [0.1, 0.15) is 0 Å². The van der Waals surface area contributed by atoms with Gasteiger partial charge in [-0.05, 0) is 29.1 Å². The van der Waals surface area contributed by atoms with Gasteiger partial charge in [-0.3, -0.25) is 4.79 Å². The number of likely N-dealkylation sites (tertiary alicyclic amines) is 1. The van der Waals surface area contributed by atoms with Gasteiger partial charge in [0.05, 0.1) is 12.0 Å². The number of amides is 1. The summed E-state index contributed by atoms with van der Waals surface area (Å²) < 4.78 is 43.9. The van der Waals surface area contributed by atoms with E-state index in [0.29, 0.717) is 30.2 Å². The fourth-order valence-corrected chi connectivity index (χ4v) is 3.93. The monoisotopic (exact) mass is 407 g/mol. The molecule has 3 heterocycles. The van der Waals surface area contributed by atoms with Crippen LogP contribution in [0.25, 0.3) is 0 Å². The average molecular weight is 407 g/mol. The fraction of sp³-hybridized carbons (Fsp3) is 0.316. The van der Waals surface area contributed by atoms with Gasteiger partial charge in [0, 0.05) is 30.3 Å². The maximum atomic E-state index is 12.9. The topological polar surface area (TPSA) is 59.2 Å². The number of carbonyl (C=O) groups excluding carboxylic acids is 1. The molecule has 1 saturated heterocycles. The molecule has 1 fully saturated rings. The molecule has 0 saturated carbocycles. The number of hydrogen-bond donors (Lipinski definition) is 0. The molecule has 1 aromatic carbocycles. The molecule has 146 valence electrons. The first-order valence-electron chi connectivity index (χ1n) is 8.67. The van der Waals surface area contributed by atoms with E-state index in [-0.39, 0.29) is 24.8 Å². The van der Waals surface area contributed by atoms with Gasteiger partial charge in [-0.25, -0.2) is 0 Å². The van der Waals surface area contributed by atoms with Crippen LogP contribution in [0.5, 0.6) is 0 Å². The van der Waals surface area contributed by atoms with E-state index in [2.05, 4.69) is 10.1 Å². The average Bonchev–Trinajstić information content (AvgIpc) is 3.38. The SMILES string of the molecule is O=C1CC(c2noc(Cc3cccs3)n2)CN1Cc1cccc(C(F)(F)F)c1. The Balaban J connectivity index is 1.42. The van der Waals surface area contributed by atoms with Crippen LogP contribution in [0.4, 0.5) is 13.2 Å². The van der Waals surface area contributed by atoms with Crippen molar-refractivity contribution in [3.63, 3.8) is 0 Å². The smallest absolute Gasteiger partial charge is 0.339 e. The van der Waals surface area contributed by atoms with E-state index in [0.717, 1.165) is 17.0 Å². The van der Waals surface area contributed by atoms with Crippen molar-refractivity contribution in [3.8, 4) is 0 Å². The second-order valence-corrected chi connectivity index (χ2v) is 7.71. The number of carbonyl (C=O) groups is 1. The summed E-state index contributed by atoms with van der Waals surface area (Å²) >= 11 is 1.59. The molecule has 1 unspecified atom stereocenters. The van der Waals surface area contributed by atoms with Gasteiger partial charge < -0.3 is 9.42 Å². The summed E-state index contributed by atoms with van der Waals surface area (Å²) in [6, 6.07) is 8.96. The molecule has 1 atom stereocenters. The fourth-order valence-electron chi connectivity index (χ4n) is 3.23. The van der Waals surface area contributed by atoms with Gasteiger partial charge in [-0.1, -0.05) is 23.4 Å². The van der Waals surface area contributed by atoms with Crippen LogP contribution in [0.15, 0.2) is 46.3 Å². The summed E-state index contributed by atoms with van der Waals surface area (Å²) in [6.07, 6.45) is -3.65. The van der Waals surface area contributed by atoms with Crippen LogP contribution in [0.2, 0.25) is 0 Å². The minimum absolute atomic E-state index is 0.124. The third kappa shape index (κ3) is 4.09. The molecule has 4 rings (SSSR count). The van der Waals surface area contributed by atoms with E-state index in [1.54, 1.807) is 17.4 Å². The van der Waals surface area contributed by atoms with Crippen molar-refractivity contribution in [2.24, 2.45) is 0 Å². The van der Waals surface area contributed by atoms with E-state index >= 15 is 0 Å². The van der Waals surface area contributed by atoms with Gasteiger partial charge in [0.15, 0.2) is 5.82 Å². The lowest BCUT2D eigenvalue weighted by molar-refractivity contribution is -0.137. The molecule has 0 N–H and O–H groups in total. The number of halogens is 3. The number of hydrogen-bond acceptors (Lipinski definition) is 5. The summed E-state index contributed by atoms with van der Waals surface area (Å²) in [6.45, 7) is 0.478. The Morgan fingerprint density at radius 2 is 2.11 bits per heavy atom. The predicted molar refractivity (Wildman–Crippen MR) is 95.6 cm³/mol. The molecule has 0 radical (unpaired) electrons. The zero-order valence-electron chi connectivity index (χ0n) is 14.6. The Morgan fingerprint density at radius 3 is 2.86 bits per heavy atom. The Morgan fingerprint density at radius 1 is 1.25 bits per heavy atom. The number of nitrogens with zero attached hydrogens (tertiary/aromatic N) is 3. The van der Waals surface area contributed by atoms with E-state index in [4.69, 9.17) is 4.52 Å². The van der Waals surface area contributed by atoms with Crippen LogP contribution in [0.3, 0.4) is 0 Å². The lowest BCUT2D eigenvalue weighted by atomic mass is 10.1. The van der Waals surface area contributed by atoms with E-state index < -0.39 is 11.7 Å². The van der Waals surface area contributed by atoms with E-state index in [1.165, 1.54) is 11.0 Å². The third-order valence-corrected chi connectivity index (χ3v) is 5.47. The van der Waals surface area contributed by atoms with Crippen molar-refractivity contribution in [2.75, 3.05) is 6.54 Å². The Hall–Kier alpha value is -2.68. The molecule has 5 nitrogen and oxygen atoms in total. The second-order valence-electron chi connectivity index (χ2n) is 6.68.